The van der Waals surface area contributed by atoms with Gasteiger partial charge in [0.2, 0.25) is 0 Å². The Balaban J connectivity index is 3.29. The van der Waals surface area contributed by atoms with Crippen LogP contribution in [0, 0.1) is 11.3 Å². The highest BCUT2D eigenvalue weighted by Crippen LogP contribution is 2.30. The van der Waals surface area contributed by atoms with Crippen molar-refractivity contribution in [2.45, 2.75) is 26.3 Å². The third-order valence-electron chi connectivity index (χ3n) is 2.37. The van der Waals surface area contributed by atoms with Gasteiger partial charge in [-0.05, 0) is 26.8 Å². The molecule has 1 aromatic heterocycles. The summed E-state index contributed by atoms with van der Waals surface area (Å²) in [5.41, 5.74) is 0.300. The number of hydrogen-bond donors (Lipinski definition) is 0. The Bertz CT molecular complexity index is 455. The quantitative estimate of drug-likeness (QED) is 0.771. The molecule has 0 amide bonds. The minimum absolute atomic E-state index is 0.140. The number of pyridine rings is 1. The van der Waals surface area contributed by atoms with Crippen LogP contribution in [0.5, 0.6) is 0 Å². The Kier molecular flexibility index (Phi) is 4.14. The zero-order chi connectivity index (χ0) is 13.1. The first-order valence-corrected chi connectivity index (χ1v) is 5.72. The van der Waals surface area contributed by atoms with E-state index in [-0.39, 0.29) is 5.54 Å². The summed E-state index contributed by atoms with van der Waals surface area (Å²) in [6, 6.07) is 3.67. The largest absolute Gasteiger partial charge is 0.347 e. The summed E-state index contributed by atoms with van der Waals surface area (Å²) >= 11 is 6.18. The molecule has 1 aromatic rings. The fourth-order valence-corrected chi connectivity index (χ4v) is 1.77. The molecule has 0 N–H and O–H groups in total. The molecule has 0 atom stereocenters. The van der Waals surface area contributed by atoms with Crippen molar-refractivity contribution in [3.8, 4) is 6.07 Å². The zero-order valence-electron chi connectivity index (χ0n) is 10.4. The van der Waals surface area contributed by atoms with Gasteiger partial charge in [-0.15, -0.1) is 6.58 Å². The van der Waals surface area contributed by atoms with Crippen LogP contribution in [0.2, 0.25) is 5.02 Å². The third kappa shape index (κ3) is 2.98. The zero-order valence-corrected chi connectivity index (χ0v) is 11.1. The van der Waals surface area contributed by atoms with Crippen molar-refractivity contribution in [3.05, 3.63) is 35.5 Å². The van der Waals surface area contributed by atoms with Crippen LogP contribution in [-0.2, 0) is 0 Å². The first-order chi connectivity index (χ1) is 7.91. The lowest BCUT2D eigenvalue weighted by atomic mass is 10.1. The van der Waals surface area contributed by atoms with Crippen molar-refractivity contribution in [1.82, 2.24) is 4.98 Å². The van der Waals surface area contributed by atoms with Gasteiger partial charge in [0.05, 0.1) is 5.56 Å². The topological polar surface area (TPSA) is 39.9 Å². The van der Waals surface area contributed by atoms with E-state index >= 15 is 0 Å². The van der Waals surface area contributed by atoms with E-state index in [4.69, 9.17) is 16.9 Å². The van der Waals surface area contributed by atoms with Gasteiger partial charge < -0.3 is 4.90 Å². The fraction of sp³-hybridized carbons (Fsp3) is 0.385. The van der Waals surface area contributed by atoms with E-state index in [0.717, 1.165) is 0 Å². The number of nitrogens with zero attached hydrogens (tertiary/aromatic N) is 3. The minimum Gasteiger partial charge on any atom is -0.347 e. The second-order valence-corrected chi connectivity index (χ2v) is 5.06. The van der Waals surface area contributed by atoms with Gasteiger partial charge in [-0.2, -0.15) is 5.26 Å². The van der Waals surface area contributed by atoms with Crippen molar-refractivity contribution in [2.75, 3.05) is 11.4 Å². The van der Waals surface area contributed by atoms with Crippen LogP contribution in [0.3, 0.4) is 0 Å². The molecule has 90 valence electrons. The molecule has 0 aliphatic carbocycles. The Hall–Kier alpha value is -1.53. The Morgan fingerprint density at radius 3 is 2.71 bits per heavy atom. The average molecular weight is 250 g/mol. The molecule has 0 aliphatic rings. The fourth-order valence-electron chi connectivity index (χ4n) is 1.51. The van der Waals surface area contributed by atoms with Crippen molar-refractivity contribution in [1.29, 1.82) is 5.26 Å². The lowest BCUT2D eigenvalue weighted by molar-refractivity contribution is 0.517. The average Bonchev–Trinajstić information content (AvgIpc) is 2.25. The van der Waals surface area contributed by atoms with Gasteiger partial charge in [0, 0.05) is 18.3 Å². The van der Waals surface area contributed by atoms with Gasteiger partial charge in [-0.1, -0.05) is 17.7 Å². The second-order valence-electron chi connectivity index (χ2n) is 4.68. The van der Waals surface area contributed by atoms with Crippen LogP contribution in [0.4, 0.5) is 5.82 Å². The van der Waals surface area contributed by atoms with Crippen molar-refractivity contribution >= 4 is 17.4 Å². The van der Waals surface area contributed by atoms with E-state index in [1.165, 1.54) is 0 Å². The van der Waals surface area contributed by atoms with Gasteiger partial charge in [0.15, 0.2) is 0 Å². The SMILES string of the molecule is C=CCN(c1nccc(C#N)c1Cl)C(C)(C)C. The molecule has 0 bridgehead atoms. The summed E-state index contributed by atoms with van der Waals surface area (Å²) in [4.78, 5) is 6.28. The monoisotopic (exact) mass is 249 g/mol. The molecule has 3 nitrogen and oxygen atoms in total. The molecule has 0 radical (unpaired) electrons. The van der Waals surface area contributed by atoms with Crippen LogP contribution in [0.15, 0.2) is 24.9 Å². The molecule has 0 fully saturated rings. The Morgan fingerprint density at radius 2 is 2.24 bits per heavy atom. The molecule has 0 aliphatic heterocycles. The molecule has 4 heteroatoms. The van der Waals surface area contributed by atoms with E-state index < -0.39 is 0 Å². The van der Waals surface area contributed by atoms with Gasteiger partial charge in [0.1, 0.15) is 16.9 Å². The lowest BCUT2D eigenvalue weighted by Crippen LogP contribution is -2.42. The van der Waals surface area contributed by atoms with Crippen molar-refractivity contribution in [2.24, 2.45) is 0 Å². The number of hydrogen-bond acceptors (Lipinski definition) is 3. The van der Waals surface area contributed by atoms with Crippen molar-refractivity contribution < 1.29 is 0 Å². The maximum absolute atomic E-state index is 8.96. The number of nitriles is 1. The highest BCUT2D eigenvalue weighted by molar-refractivity contribution is 6.34. The summed E-state index contributed by atoms with van der Waals surface area (Å²) < 4.78 is 0. The normalized spacial score (nSPS) is 10.8. The summed E-state index contributed by atoms with van der Waals surface area (Å²) in [6.45, 7) is 10.6. The van der Waals surface area contributed by atoms with Crippen molar-refractivity contribution in [3.63, 3.8) is 0 Å². The highest BCUT2D eigenvalue weighted by atomic mass is 35.5. The van der Waals surface area contributed by atoms with Crippen LogP contribution in [-0.4, -0.2) is 17.1 Å². The van der Waals surface area contributed by atoms with Gasteiger partial charge in [-0.25, -0.2) is 4.98 Å². The molecular weight excluding hydrogens is 234 g/mol. The number of halogens is 1. The Morgan fingerprint density at radius 1 is 1.59 bits per heavy atom. The molecule has 0 unspecified atom stereocenters. The van der Waals surface area contributed by atoms with Gasteiger partial charge >= 0.3 is 0 Å². The number of aromatic nitrogens is 1. The third-order valence-corrected chi connectivity index (χ3v) is 2.74. The number of anilines is 1. The van der Waals surface area contributed by atoms with E-state index in [0.29, 0.717) is 22.9 Å². The maximum Gasteiger partial charge on any atom is 0.149 e. The van der Waals surface area contributed by atoms with Crippen LogP contribution >= 0.6 is 11.6 Å². The predicted octanol–water partition coefficient (Wildman–Crippen LogP) is 3.40. The minimum atomic E-state index is -0.140. The number of rotatable bonds is 3. The molecule has 0 saturated carbocycles. The molecular formula is C13H16ClN3. The molecule has 1 rings (SSSR count). The summed E-state index contributed by atoms with van der Waals surface area (Å²) in [7, 11) is 0. The van der Waals surface area contributed by atoms with E-state index in [2.05, 4.69) is 38.4 Å². The summed E-state index contributed by atoms with van der Waals surface area (Å²) in [5.74, 6) is 0.623. The summed E-state index contributed by atoms with van der Waals surface area (Å²) in [5, 5.41) is 9.35. The lowest BCUT2D eigenvalue weighted by Gasteiger charge is -2.36. The van der Waals surface area contributed by atoms with Gasteiger partial charge in [0.25, 0.3) is 0 Å². The standard InChI is InChI=1S/C13H16ClN3/c1-5-8-17(13(2,3)4)12-11(14)10(9-15)6-7-16-12/h5-7H,1,8H2,2-4H3. The second kappa shape index (κ2) is 5.20. The smallest absolute Gasteiger partial charge is 0.149 e. The summed E-state index contributed by atoms with van der Waals surface area (Å²) in [6.07, 6.45) is 3.39. The highest BCUT2D eigenvalue weighted by Gasteiger charge is 2.24. The van der Waals surface area contributed by atoms with Crippen LogP contribution < -0.4 is 4.90 Å². The van der Waals surface area contributed by atoms with E-state index in [1.807, 2.05) is 4.90 Å². The first-order valence-electron chi connectivity index (χ1n) is 5.35. The molecule has 0 spiro atoms. The molecule has 0 saturated heterocycles. The van der Waals surface area contributed by atoms with E-state index in [9.17, 15) is 0 Å². The van der Waals surface area contributed by atoms with Crippen LogP contribution in [0.25, 0.3) is 0 Å². The van der Waals surface area contributed by atoms with E-state index in [1.54, 1.807) is 18.3 Å². The van der Waals surface area contributed by atoms with Gasteiger partial charge in [-0.3, -0.25) is 0 Å². The molecule has 1 heterocycles. The molecule has 17 heavy (non-hydrogen) atoms. The first kappa shape index (κ1) is 13.5. The predicted molar refractivity (Wildman–Crippen MR) is 71.3 cm³/mol. The maximum atomic E-state index is 8.96. The Labute approximate surface area is 107 Å². The molecule has 0 aromatic carbocycles. The van der Waals surface area contributed by atoms with Crippen LogP contribution in [0.1, 0.15) is 26.3 Å².